The van der Waals surface area contributed by atoms with Gasteiger partial charge in [-0.3, -0.25) is 0 Å². The van der Waals surface area contributed by atoms with Gasteiger partial charge in [0.15, 0.2) is 0 Å². The minimum Gasteiger partial charge on any atom is -0.222 e. The minimum atomic E-state index is 0. The van der Waals surface area contributed by atoms with Gasteiger partial charge < -0.3 is 0 Å². The number of hydrogen-bond donors (Lipinski definition) is 2. The second-order valence-corrected chi connectivity index (χ2v) is 2.51. The van der Waals surface area contributed by atoms with E-state index in [9.17, 15) is 0 Å². The number of benzene rings is 2. The van der Waals surface area contributed by atoms with Gasteiger partial charge in [0.1, 0.15) is 0 Å². The molecule has 0 aliphatic rings. The first-order chi connectivity index (χ1) is 10.8. The average molecular weight is 328 g/mol. The van der Waals surface area contributed by atoms with Crippen LogP contribution >= 0.6 is 0 Å². The highest BCUT2D eigenvalue weighted by molar-refractivity contribution is 5.26. The molecule has 0 bridgehead atoms. The van der Waals surface area contributed by atoms with Crippen molar-refractivity contribution < 1.29 is 9.59 Å². The number of rotatable bonds is 0. The Morgan fingerprint density at radius 1 is 0.500 bits per heavy atom. The molecule has 0 saturated carbocycles. The van der Waals surface area contributed by atoms with Crippen molar-refractivity contribution in [2.24, 2.45) is 0 Å². The van der Waals surface area contributed by atoms with Gasteiger partial charge in [0, 0.05) is 13.1 Å². The third-order valence-corrected chi connectivity index (χ3v) is 1.33. The normalized spacial score (nSPS) is 4.83. The van der Waals surface area contributed by atoms with Crippen LogP contribution in [0.1, 0.15) is 14.9 Å². The molecule has 0 atom stereocenters. The van der Waals surface area contributed by atoms with Gasteiger partial charge in [-0.2, -0.15) is 0 Å². The molecule has 0 aliphatic heterocycles. The van der Waals surface area contributed by atoms with E-state index in [-0.39, 0.29) is 14.9 Å². The van der Waals surface area contributed by atoms with E-state index in [0.717, 1.165) is 12.2 Å². The Kier molecular flexibility index (Phi) is 94.1. The predicted molar refractivity (Wildman–Crippen MR) is 96.5 cm³/mol. The monoisotopic (exact) mass is 328 g/mol. The molecular weight excluding hydrogens is 304 g/mol. The van der Waals surface area contributed by atoms with E-state index >= 15 is 0 Å². The van der Waals surface area contributed by atoms with Crippen molar-refractivity contribution >= 4 is 12.2 Å². The maximum Gasteiger partial charge on any atom is 0.231 e. The van der Waals surface area contributed by atoms with Crippen molar-refractivity contribution in [2.75, 3.05) is 0 Å². The maximum atomic E-state index is 8.35. The largest absolute Gasteiger partial charge is 0.231 e. The first kappa shape index (κ1) is 36.9. The SMILES string of the molecule is C.C.C#N.C#N.N=C=O.N=C=O.c1ccccc1.c1ccccc1. The lowest BCUT2D eigenvalue weighted by Gasteiger charge is -1.69. The second-order valence-electron chi connectivity index (χ2n) is 2.51. The summed E-state index contributed by atoms with van der Waals surface area (Å²) in [6, 6.07) is 24.0. The molecule has 2 rings (SSSR count). The molecule has 6 nitrogen and oxygen atoms in total. The van der Waals surface area contributed by atoms with Gasteiger partial charge in [-0.1, -0.05) is 87.6 Å². The Morgan fingerprint density at radius 3 is 0.583 bits per heavy atom. The zero-order chi connectivity index (χ0) is 17.9. The molecule has 0 radical (unpaired) electrons. The van der Waals surface area contributed by atoms with Crippen LogP contribution < -0.4 is 0 Å². The molecule has 2 aromatic carbocycles. The fraction of sp³-hybridized carbons (Fsp3) is 0.111. The van der Waals surface area contributed by atoms with Gasteiger partial charge in [0.05, 0.1) is 0 Å². The molecule has 128 valence electrons. The van der Waals surface area contributed by atoms with Crippen LogP contribution in [0.4, 0.5) is 0 Å². The molecule has 0 saturated heterocycles. The lowest BCUT2D eigenvalue weighted by atomic mass is 10.4. The summed E-state index contributed by atoms with van der Waals surface area (Å²) in [4.78, 5) is 16.7. The fourth-order valence-corrected chi connectivity index (χ4v) is 0.770. The van der Waals surface area contributed by atoms with E-state index in [1.807, 2.05) is 72.8 Å². The molecule has 2 N–H and O–H groups in total. The van der Waals surface area contributed by atoms with Crippen LogP contribution in [0.5, 0.6) is 0 Å². The molecule has 2 aromatic rings. The van der Waals surface area contributed by atoms with E-state index in [1.54, 1.807) is 0 Å². The Morgan fingerprint density at radius 2 is 0.542 bits per heavy atom. The van der Waals surface area contributed by atoms with Crippen molar-refractivity contribution in [1.82, 2.24) is 0 Å². The van der Waals surface area contributed by atoms with Crippen molar-refractivity contribution in [2.45, 2.75) is 14.9 Å². The van der Waals surface area contributed by atoms with Crippen LogP contribution in [0.25, 0.3) is 0 Å². The topological polar surface area (TPSA) is 129 Å². The van der Waals surface area contributed by atoms with E-state index in [4.69, 9.17) is 30.9 Å². The second kappa shape index (κ2) is 61.2. The Balaban J connectivity index is -0.0000000427. The molecular formula is C18H24N4O2. The fourth-order valence-electron chi connectivity index (χ4n) is 0.770. The van der Waals surface area contributed by atoms with Gasteiger partial charge in [-0.15, -0.1) is 0 Å². The summed E-state index contributed by atoms with van der Waals surface area (Å²) in [5.41, 5.74) is 0. The maximum absolute atomic E-state index is 8.35. The molecule has 0 fully saturated rings. The van der Waals surface area contributed by atoms with Gasteiger partial charge in [0.2, 0.25) is 12.2 Å². The molecule has 0 aliphatic carbocycles. The molecule has 0 spiro atoms. The van der Waals surface area contributed by atoms with E-state index < -0.39 is 0 Å². The van der Waals surface area contributed by atoms with Crippen LogP contribution in [-0.4, -0.2) is 12.2 Å². The highest BCUT2D eigenvalue weighted by Crippen LogP contribution is 1.80. The molecule has 24 heavy (non-hydrogen) atoms. The number of nitriles is 2. The summed E-state index contributed by atoms with van der Waals surface area (Å²) in [5, 5.41) is 23.8. The van der Waals surface area contributed by atoms with Crippen LogP contribution in [0.3, 0.4) is 0 Å². The van der Waals surface area contributed by atoms with Crippen molar-refractivity contribution in [3.63, 3.8) is 0 Å². The molecule has 0 aromatic heterocycles. The smallest absolute Gasteiger partial charge is 0.222 e. The third-order valence-electron chi connectivity index (χ3n) is 1.33. The molecule has 6 heteroatoms. The van der Waals surface area contributed by atoms with Crippen molar-refractivity contribution in [1.29, 1.82) is 21.3 Å². The quantitative estimate of drug-likeness (QED) is 0.535. The Bertz CT molecular complexity index is 397. The Labute approximate surface area is 144 Å². The summed E-state index contributed by atoms with van der Waals surface area (Å²) in [5.74, 6) is 0. The summed E-state index contributed by atoms with van der Waals surface area (Å²) < 4.78 is 0. The average Bonchev–Trinajstić information content (AvgIpc) is 2.63. The van der Waals surface area contributed by atoms with E-state index in [0.29, 0.717) is 0 Å². The highest BCUT2D eigenvalue weighted by Gasteiger charge is 1.58. The lowest BCUT2D eigenvalue weighted by Crippen LogP contribution is -1.47. The first-order valence-electron chi connectivity index (χ1n) is 5.42. The predicted octanol–water partition coefficient (Wildman–Crippen LogP) is 4.73. The summed E-state index contributed by atoms with van der Waals surface area (Å²) >= 11 is 0. The lowest BCUT2D eigenvalue weighted by molar-refractivity contribution is 0.562. The number of nitrogens with zero attached hydrogens (tertiary/aromatic N) is 2. The Hall–Kier alpha value is -3.82. The summed E-state index contributed by atoms with van der Waals surface area (Å²) in [6.07, 6.45) is 1.50. The number of nitrogens with one attached hydrogen (secondary N) is 2. The summed E-state index contributed by atoms with van der Waals surface area (Å²) in [7, 11) is 0. The third kappa shape index (κ3) is 80.2. The first-order valence-corrected chi connectivity index (χ1v) is 5.42. The van der Waals surface area contributed by atoms with Crippen molar-refractivity contribution in [3.8, 4) is 13.1 Å². The van der Waals surface area contributed by atoms with E-state index in [1.165, 1.54) is 0 Å². The molecule has 0 amide bonds. The molecule has 0 heterocycles. The molecule has 0 unspecified atom stereocenters. The van der Waals surface area contributed by atoms with Crippen LogP contribution in [-0.2, 0) is 9.59 Å². The van der Waals surface area contributed by atoms with Gasteiger partial charge in [-0.05, 0) is 0 Å². The zero-order valence-corrected chi connectivity index (χ0v) is 11.8. The van der Waals surface area contributed by atoms with Gasteiger partial charge in [0.25, 0.3) is 0 Å². The van der Waals surface area contributed by atoms with Gasteiger partial charge >= 0.3 is 0 Å². The van der Waals surface area contributed by atoms with Crippen LogP contribution in [0.15, 0.2) is 72.8 Å². The summed E-state index contributed by atoms with van der Waals surface area (Å²) in [6.45, 7) is 7.00. The zero-order valence-electron chi connectivity index (χ0n) is 11.8. The minimum absolute atomic E-state index is 0. The van der Waals surface area contributed by atoms with Crippen LogP contribution in [0, 0.1) is 34.5 Å². The number of isocyanates is 2. The number of carbonyl (C=O) groups excluding carboxylic acids is 2. The van der Waals surface area contributed by atoms with Crippen molar-refractivity contribution in [3.05, 3.63) is 72.8 Å². The van der Waals surface area contributed by atoms with Gasteiger partial charge in [-0.25, -0.2) is 30.9 Å². The van der Waals surface area contributed by atoms with E-state index in [2.05, 4.69) is 13.1 Å². The highest BCUT2D eigenvalue weighted by atomic mass is 16.1. The van der Waals surface area contributed by atoms with Crippen LogP contribution in [0.2, 0.25) is 0 Å². The standard InChI is InChI=1S/2C6H6.2CHNO.2CHN.2CH4/c2*1-2-4-6-5-3-1;2*2-1-3;2*1-2;;/h2*1-6H;2*2H;2*1H;2*1H4. The number of hydrogen-bond acceptors (Lipinski definition) is 6.